The summed E-state index contributed by atoms with van der Waals surface area (Å²) in [5.41, 5.74) is 4.01. The lowest BCUT2D eigenvalue weighted by Gasteiger charge is -2.26. The van der Waals surface area contributed by atoms with E-state index in [2.05, 4.69) is 5.32 Å². The van der Waals surface area contributed by atoms with Crippen molar-refractivity contribution in [2.75, 3.05) is 0 Å². The molecule has 0 saturated heterocycles. The van der Waals surface area contributed by atoms with Crippen LogP contribution in [-0.4, -0.2) is 22.6 Å². The summed E-state index contributed by atoms with van der Waals surface area (Å²) in [6.07, 6.45) is -0.527. The molecule has 0 aliphatic heterocycles. The highest BCUT2D eigenvalue weighted by molar-refractivity contribution is 5.85. The monoisotopic (exact) mass is 303 g/mol. The van der Waals surface area contributed by atoms with Crippen molar-refractivity contribution in [1.82, 2.24) is 5.32 Å². The van der Waals surface area contributed by atoms with Gasteiger partial charge in [-0.3, -0.25) is 14.9 Å². The average Bonchev–Trinajstić information content (AvgIpc) is 2.27. The molecule has 3 N–H and O–H groups in total. The molecule has 0 fully saturated rings. The number of carbonyl (C=O) groups is 1. The van der Waals surface area contributed by atoms with E-state index < -0.39 is 22.6 Å². The second-order valence-corrected chi connectivity index (χ2v) is 4.60. The molecule has 1 aromatic carbocycles. The normalized spacial score (nSPS) is 12.0. The van der Waals surface area contributed by atoms with Crippen molar-refractivity contribution in [2.24, 2.45) is 5.73 Å². The molecule has 0 aliphatic carbocycles. The van der Waals surface area contributed by atoms with Gasteiger partial charge in [-0.1, -0.05) is 12.1 Å². The van der Waals surface area contributed by atoms with Gasteiger partial charge in [-0.25, -0.2) is 0 Å². The molecule has 8 heteroatoms. The molecular formula is C12H18ClN3O4. The van der Waals surface area contributed by atoms with Crippen molar-refractivity contribution in [1.29, 1.82) is 0 Å². The van der Waals surface area contributed by atoms with Crippen molar-refractivity contribution in [3.63, 3.8) is 0 Å². The zero-order valence-electron chi connectivity index (χ0n) is 11.5. The van der Waals surface area contributed by atoms with Crippen LogP contribution in [0, 0.1) is 10.1 Å². The average molecular weight is 304 g/mol. The largest absolute Gasteiger partial charge is 0.471 e. The molecule has 0 saturated carbocycles. The molecular weight excluding hydrogens is 286 g/mol. The van der Waals surface area contributed by atoms with Gasteiger partial charge in [0.25, 0.3) is 5.91 Å². The minimum atomic E-state index is -1.26. The Labute approximate surface area is 123 Å². The molecule has 1 amide bonds. The van der Waals surface area contributed by atoms with Crippen LogP contribution in [0.15, 0.2) is 24.3 Å². The number of rotatable bonds is 5. The van der Waals surface area contributed by atoms with E-state index in [1.54, 1.807) is 13.0 Å². The number of carbonyl (C=O) groups excluding carboxylic acids is 1. The first-order chi connectivity index (χ1) is 8.74. The first-order valence-electron chi connectivity index (χ1n) is 5.73. The molecule has 0 radical (unpaired) electrons. The van der Waals surface area contributed by atoms with Gasteiger partial charge in [0, 0.05) is 6.07 Å². The number of benzene rings is 1. The Hall–Kier alpha value is -1.86. The van der Waals surface area contributed by atoms with Crippen LogP contribution in [0.4, 0.5) is 5.69 Å². The molecule has 0 spiro atoms. The summed E-state index contributed by atoms with van der Waals surface area (Å²) in [6.45, 7) is 4.64. The van der Waals surface area contributed by atoms with E-state index in [1.807, 2.05) is 0 Å². The van der Waals surface area contributed by atoms with Crippen LogP contribution in [0.1, 0.15) is 20.8 Å². The third-order valence-corrected chi connectivity index (χ3v) is 2.33. The Bertz CT molecular complexity index is 491. The Morgan fingerprint density at radius 2 is 2.00 bits per heavy atom. The molecule has 1 unspecified atom stereocenters. The number of halogens is 1. The van der Waals surface area contributed by atoms with E-state index in [-0.39, 0.29) is 23.8 Å². The standard InChI is InChI=1S/C12H17N3O4.ClH/c1-8(13)14-11(16)12(2,3)19-10-7-5-4-6-9(10)15(17)18;/h4-8H,13H2,1-3H3,(H,14,16);1H. The summed E-state index contributed by atoms with van der Waals surface area (Å²) >= 11 is 0. The molecule has 0 bridgehead atoms. The zero-order chi connectivity index (χ0) is 14.6. The fraction of sp³-hybridized carbons (Fsp3) is 0.417. The fourth-order valence-electron chi connectivity index (χ4n) is 1.40. The summed E-state index contributed by atoms with van der Waals surface area (Å²) in [5.74, 6) is -0.405. The predicted molar refractivity (Wildman–Crippen MR) is 76.8 cm³/mol. The number of nitrogens with two attached hydrogens (primary N) is 1. The number of nitro groups is 1. The van der Waals surface area contributed by atoms with E-state index >= 15 is 0 Å². The molecule has 1 rings (SSSR count). The molecule has 20 heavy (non-hydrogen) atoms. The summed E-state index contributed by atoms with van der Waals surface area (Å²) in [6, 6.07) is 5.88. The number of hydrogen-bond donors (Lipinski definition) is 2. The van der Waals surface area contributed by atoms with E-state index in [0.717, 1.165) is 0 Å². The maximum atomic E-state index is 11.9. The molecule has 0 heterocycles. The van der Waals surface area contributed by atoms with Crippen molar-refractivity contribution in [3.05, 3.63) is 34.4 Å². The number of amides is 1. The Morgan fingerprint density at radius 1 is 1.45 bits per heavy atom. The van der Waals surface area contributed by atoms with E-state index in [0.29, 0.717) is 0 Å². The fourth-order valence-corrected chi connectivity index (χ4v) is 1.40. The van der Waals surface area contributed by atoms with Crippen molar-refractivity contribution in [2.45, 2.75) is 32.5 Å². The molecule has 7 nitrogen and oxygen atoms in total. The zero-order valence-corrected chi connectivity index (χ0v) is 12.3. The lowest BCUT2D eigenvalue weighted by atomic mass is 10.1. The van der Waals surface area contributed by atoms with Crippen LogP contribution in [0.25, 0.3) is 0 Å². The van der Waals surface area contributed by atoms with Crippen LogP contribution in [0.3, 0.4) is 0 Å². The lowest BCUT2D eigenvalue weighted by Crippen LogP contribution is -2.51. The van der Waals surface area contributed by atoms with Crippen LogP contribution in [0.5, 0.6) is 5.75 Å². The molecule has 1 atom stereocenters. The Morgan fingerprint density at radius 3 is 2.50 bits per heavy atom. The van der Waals surface area contributed by atoms with Gasteiger partial charge < -0.3 is 15.8 Å². The maximum Gasteiger partial charge on any atom is 0.310 e. The van der Waals surface area contributed by atoms with E-state index in [9.17, 15) is 14.9 Å². The predicted octanol–water partition coefficient (Wildman–Crippen LogP) is 1.59. The van der Waals surface area contributed by atoms with E-state index in [4.69, 9.17) is 10.5 Å². The van der Waals surface area contributed by atoms with Gasteiger partial charge in [0.05, 0.1) is 11.1 Å². The van der Waals surface area contributed by atoms with Gasteiger partial charge in [-0.15, -0.1) is 12.4 Å². The van der Waals surface area contributed by atoms with E-state index in [1.165, 1.54) is 32.0 Å². The van der Waals surface area contributed by atoms with Gasteiger partial charge in [0.2, 0.25) is 0 Å². The quantitative estimate of drug-likeness (QED) is 0.488. The van der Waals surface area contributed by atoms with Gasteiger partial charge in [-0.05, 0) is 26.8 Å². The van der Waals surface area contributed by atoms with Crippen LogP contribution < -0.4 is 15.8 Å². The highest BCUT2D eigenvalue weighted by atomic mass is 35.5. The number of hydrogen-bond acceptors (Lipinski definition) is 5. The number of ether oxygens (including phenoxy) is 1. The Kier molecular flexibility index (Phi) is 6.41. The second kappa shape index (κ2) is 7.06. The van der Waals surface area contributed by atoms with Gasteiger partial charge >= 0.3 is 5.69 Å². The first-order valence-corrected chi connectivity index (χ1v) is 5.73. The first kappa shape index (κ1) is 18.1. The number of nitrogens with zero attached hydrogens (tertiary/aromatic N) is 1. The topological polar surface area (TPSA) is 107 Å². The van der Waals surface area contributed by atoms with Crippen molar-refractivity contribution in [3.8, 4) is 5.75 Å². The third-order valence-electron chi connectivity index (χ3n) is 2.33. The number of para-hydroxylation sites is 2. The second-order valence-electron chi connectivity index (χ2n) is 4.60. The summed E-state index contributed by atoms with van der Waals surface area (Å²) < 4.78 is 5.45. The highest BCUT2D eigenvalue weighted by Crippen LogP contribution is 2.29. The van der Waals surface area contributed by atoms with Gasteiger partial charge in [0.1, 0.15) is 0 Å². The summed E-state index contributed by atoms with van der Waals surface area (Å²) in [4.78, 5) is 22.2. The molecule has 112 valence electrons. The third kappa shape index (κ3) is 4.67. The minimum absolute atomic E-state index is 0. The smallest absolute Gasteiger partial charge is 0.310 e. The number of nitrogens with one attached hydrogen (secondary N) is 1. The summed E-state index contributed by atoms with van der Waals surface area (Å²) in [7, 11) is 0. The van der Waals surface area contributed by atoms with Crippen LogP contribution in [0.2, 0.25) is 0 Å². The van der Waals surface area contributed by atoms with Crippen LogP contribution in [-0.2, 0) is 4.79 Å². The van der Waals surface area contributed by atoms with Gasteiger partial charge in [0.15, 0.2) is 11.4 Å². The van der Waals surface area contributed by atoms with Crippen molar-refractivity contribution < 1.29 is 14.5 Å². The highest BCUT2D eigenvalue weighted by Gasteiger charge is 2.32. The SMILES string of the molecule is CC(N)NC(=O)C(C)(C)Oc1ccccc1[N+](=O)[O-].Cl. The summed E-state index contributed by atoms with van der Waals surface area (Å²) in [5, 5.41) is 13.4. The van der Waals surface area contributed by atoms with Crippen molar-refractivity contribution >= 4 is 24.0 Å². The molecule has 0 aromatic heterocycles. The van der Waals surface area contributed by atoms with Crippen LogP contribution >= 0.6 is 12.4 Å². The lowest BCUT2D eigenvalue weighted by molar-refractivity contribution is -0.386. The Balaban J connectivity index is 0.00000361. The molecule has 1 aromatic rings. The van der Waals surface area contributed by atoms with Gasteiger partial charge in [-0.2, -0.15) is 0 Å². The minimum Gasteiger partial charge on any atom is -0.471 e. The maximum absolute atomic E-state index is 11.9. The number of nitro benzene ring substituents is 1. The molecule has 0 aliphatic rings.